The lowest BCUT2D eigenvalue weighted by atomic mass is 9.92. The van der Waals surface area contributed by atoms with Gasteiger partial charge in [-0.05, 0) is 43.9 Å². The zero-order chi connectivity index (χ0) is 19.7. The zero-order valence-corrected chi connectivity index (χ0v) is 15.1. The summed E-state index contributed by atoms with van der Waals surface area (Å²) < 4.78 is 40.6. The standard InChI is InChI=1S/C19H21F3N6/c20-19(21,22)12-2-1-3-15(10-12)25-16-11-17(27-28-9-8-24-18(16)28)26-14-6-4-13(23)5-7-14/h1-3,8-11,13-14,25H,4-7,23H2,(H,26,27). The molecule has 1 fully saturated rings. The summed E-state index contributed by atoms with van der Waals surface area (Å²) in [5.74, 6) is 0.639. The average Bonchev–Trinajstić information content (AvgIpc) is 3.12. The van der Waals surface area contributed by atoms with Crippen molar-refractivity contribution < 1.29 is 13.2 Å². The number of nitrogens with one attached hydrogen (secondary N) is 2. The Hall–Kier alpha value is -2.81. The van der Waals surface area contributed by atoms with Crippen LogP contribution in [0.1, 0.15) is 31.2 Å². The summed E-state index contributed by atoms with van der Waals surface area (Å²) >= 11 is 0. The van der Waals surface area contributed by atoms with Crippen LogP contribution in [0, 0.1) is 0 Å². The van der Waals surface area contributed by atoms with Gasteiger partial charge in [-0.2, -0.15) is 13.2 Å². The molecule has 1 aliphatic carbocycles. The van der Waals surface area contributed by atoms with Crippen molar-refractivity contribution in [2.75, 3.05) is 10.6 Å². The third-order valence-corrected chi connectivity index (χ3v) is 4.95. The molecular weight excluding hydrogens is 369 g/mol. The molecule has 0 aliphatic heterocycles. The van der Waals surface area contributed by atoms with Crippen LogP contribution in [-0.4, -0.2) is 26.7 Å². The third-order valence-electron chi connectivity index (χ3n) is 4.95. The molecule has 4 rings (SSSR count). The molecule has 0 atom stereocenters. The van der Waals surface area contributed by atoms with Crippen molar-refractivity contribution in [1.82, 2.24) is 14.6 Å². The number of imidazole rings is 1. The average molecular weight is 390 g/mol. The number of halogens is 3. The lowest BCUT2D eigenvalue weighted by Gasteiger charge is -2.27. The van der Waals surface area contributed by atoms with Gasteiger partial charge >= 0.3 is 6.18 Å². The third kappa shape index (κ3) is 4.04. The Balaban J connectivity index is 1.61. The fraction of sp³-hybridized carbons (Fsp3) is 0.368. The van der Waals surface area contributed by atoms with Crippen LogP contribution in [-0.2, 0) is 6.18 Å². The molecule has 0 saturated heterocycles. The van der Waals surface area contributed by atoms with E-state index in [1.54, 1.807) is 29.0 Å². The second-order valence-electron chi connectivity index (χ2n) is 7.10. The van der Waals surface area contributed by atoms with Crippen LogP contribution >= 0.6 is 0 Å². The van der Waals surface area contributed by atoms with Crippen LogP contribution in [0.4, 0.5) is 30.4 Å². The van der Waals surface area contributed by atoms with Crippen molar-refractivity contribution >= 4 is 22.8 Å². The molecule has 0 unspecified atom stereocenters. The maximum absolute atomic E-state index is 13.0. The van der Waals surface area contributed by atoms with E-state index in [1.807, 2.05) is 0 Å². The van der Waals surface area contributed by atoms with Gasteiger partial charge in [-0.15, -0.1) is 5.10 Å². The maximum Gasteiger partial charge on any atom is 0.416 e. The molecular formula is C19H21F3N6. The van der Waals surface area contributed by atoms with Gasteiger partial charge in [0.05, 0.1) is 11.3 Å². The number of nitrogens with zero attached hydrogens (tertiary/aromatic N) is 3. The molecule has 1 aliphatic rings. The predicted molar refractivity (Wildman–Crippen MR) is 102 cm³/mol. The Bertz CT molecular complexity index is 960. The van der Waals surface area contributed by atoms with E-state index in [2.05, 4.69) is 20.7 Å². The molecule has 1 aromatic carbocycles. The number of benzene rings is 1. The first-order valence-electron chi connectivity index (χ1n) is 9.19. The first kappa shape index (κ1) is 18.5. The lowest BCUT2D eigenvalue weighted by Crippen LogP contribution is -2.33. The van der Waals surface area contributed by atoms with Crippen molar-refractivity contribution in [2.45, 2.75) is 43.9 Å². The van der Waals surface area contributed by atoms with Gasteiger partial charge < -0.3 is 16.4 Å². The number of aromatic nitrogens is 3. The summed E-state index contributed by atoms with van der Waals surface area (Å²) in [5.41, 5.74) is 6.70. The summed E-state index contributed by atoms with van der Waals surface area (Å²) in [6.07, 6.45) is 2.74. The number of hydrogen-bond donors (Lipinski definition) is 3. The highest BCUT2D eigenvalue weighted by atomic mass is 19.4. The number of anilines is 3. The van der Waals surface area contributed by atoms with Crippen molar-refractivity contribution in [3.8, 4) is 0 Å². The van der Waals surface area contributed by atoms with E-state index in [9.17, 15) is 13.2 Å². The van der Waals surface area contributed by atoms with Crippen molar-refractivity contribution in [1.29, 1.82) is 0 Å². The molecule has 0 amide bonds. The topological polar surface area (TPSA) is 80.3 Å². The number of rotatable bonds is 4. The van der Waals surface area contributed by atoms with Crippen molar-refractivity contribution in [3.05, 3.63) is 48.3 Å². The van der Waals surface area contributed by atoms with Gasteiger partial charge in [0.2, 0.25) is 0 Å². The van der Waals surface area contributed by atoms with E-state index >= 15 is 0 Å². The van der Waals surface area contributed by atoms with Crippen LogP contribution in [0.2, 0.25) is 0 Å². The van der Waals surface area contributed by atoms with Gasteiger partial charge in [0.1, 0.15) is 5.82 Å². The molecule has 9 heteroatoms. The zero-order valence-electron chi connectivity index (χ0n) is 15.1. The van der Waals surface area contributed by atoms with E-state index in [1.165, 1.54) is 6.07 Å². The van der Waals surface area contributed by atoms with Gasteiger partial charge in [-0.25, -0.2) is 9.50 Å². The van der Waals surface area contributed by atoms with Gasteiger partial charge in [-0.1, -0.05) is 6.07 Å². The highest BCUT2D eigenvalue weighted by Gasteiger charge is 2.30. The fourth-order valence-corrected chi connectivity index (χ4v) is 3.48. The molecule has 28 heavy (non-hydrogen) atoms. The normalized spacial score (nSPS) is 20.3. The fourth-order valence-electron chi connectivity index (χ4n) is 3.48. The Morgan fingerprint density at radius 1 is 1.11 bits per heavy atom. The van der Waals surface area contributed by atoms with E-state index in [0.717, 1.165) is 37.8 Å². The van der Waals surface area contributed by atoms with E-state index in [-0.39, 0.29) is 12.1 Å². The quantitative estimate of drug-likeness (QED) is 0.623. The summed E-state index contributed by atoms with van der Waals surface area (Å²) in [7, 11) is 0. The Morgan fingerprint density at radius 3 is 2.64 bits per heavy atom. The summed E-state index contributed by atoms with van der Waals surface area (Å²) in [6.45, 7) is 0. The minimum absolute atomic E-state index is 0.250. The maximum atomic E-state index is 13.0. The number of fused-ring (bicyclic) bond motifs is 1. The van der Waals surface area contributed by atoms with Gasteiger partial charge in [0.15, 0.2) is 5.65 Å². The molecule has 2 heterocycles. The van der Waals surface area contributed by atoms with Crippen molar-refractivity contribution in [2.24, 2.45) is 5.73 Å². The Morgan fingerprint density at radius 2 is 1.89 bits per heavy atom. The van der Waals surface area contributed by atoms with Gasteiger partial charge in [0.25, 0.3) is 0 Å². The smallest absolute Gasteiger partial charge is 0.366 e. The SMILES string of the molecule is NC1CCC(Nc2cc(Nc3cccc(C(F)(F)F)c3)c3nccn3n2)CC1. The van der Waals surface area contributed by atoms with Crippen LogP contribution in [0.25, 0.3) is 5.65 Å². The molecule has 2 aromatic heterocycles. The second-order valence-corrected chi connectivity index (χ2v) is 7.10. The van der Waals surface area contributed by atoms with E-state index in [0.29, 0.717) is 22.8 Å². The van der Waals surface area contributed by atoms with Crippen LogP contribution in [0.3, 0.4) is 0 Å². The van der Waals surface area contributed by atoms with Gasteiger partial charge in [-0.3, -0.25) is 0 Å². The largest absolute Gasteiger partial charge is 0.416 e. The highest BCUT2D eigenvalue weighted by molar-refractivity contribution is 5.76. The summed E-state index contributed by atoms with van der Waals surface area (Å²) in [6, 6.07) is 7.38. The van der Waals surface area contributed by atoms with Crippen molar-refractivity contribution in [3.63, 3.8) is 0 Å². The molecule has 148 valence electrons. The molecule has 3 aromatic rings. The highest BCUT2D eigenvalue weighted by Crippen LogP contribution is 2.32. The van der Waals surface area contributed by atoms with Crippen LogP contribution < -0.4 is 16.4 Å². The number of hydrogen-bond acceptors (Lipinski definition) is 5. The molecule has 4 N–H and O–H groups in total. The van der Waals surface area contributed by atoms with E-state index < -0.39 is 11.7 Å². The first-order chi connectivity index (χ1) is 13.4. The number of alkyl halides is 3. The molecule has 0 bridgehead atoms. The first-order valence-corrected chi connectivity index (χ1v) is 9.19. The second kappa shape index (κ2) is 7.31. The molecule has 0 radical (unpaired) electrons. The molecule has 6 nitrogen and oxygen atoms in total. The molecule has 1 saturated carbocycles. The predicted octanol–water partition coefficient (Wildman–Crippen LogP) is 4.17. The monoisotopic (exact) mass is 390 g/mol. The molecule has 0 spiro atoms. The lowest BCUT2D eigenvalue weighted by molar-refractivity contribution is -0.137. The number of nitrogens with two attached hydrogens (primary N) is 1. The summed E-state index contributed by atoms with van der Waals surface area (Å²) in [5, 5.41) is 11.0. The Labute approximate surface area is 159 Å². The summed E-state index contributed by atoms with van der Waals surface area (Å²) in [4.78, 5) is 4.26. The van der Waals surface area contributed by atoms with Crippen LogP contribution in [0.5, 0.6) is 0 Å². The van der Waals surface area contributed by atoms with Gasteiger partial charge in [0, 0.05) is 36.2 Å². The minimum Gasteiger partial charge on any atom is -0.366 e. The van der Waals surface area contributed by atoms with Crippen LogP contribution in [0.15, 0.2) is 42.7 Å². The minimum atomic E-state index is -4.40. The van der Waals surface area contributed by atoms with E-state index in [4.69, 9.17) is 5.73 Å². The Kier molecular flexibility index (Phi) is 4.84.